The molecule has 0 atom stereocenters. The molecule has 5 nitrogen and oxygen atoms in total. The Morgan fingerprint density at radius 2 is 1.67 bits per heavy atom. The van der Waals surface area contributed by atoms with Crippen LogP contribution in [0.15, 0.2) is 72.9 Å². The SMILES string of the molecule is COc1ccn2c(C(=O)c3ccccc3-c3ccccc3)c(C3CC3)c(C(=O)C(=O)Cl)c2c1. The summed E-state index contributed by atoms with van der Waals surface area (Å²) in [5.41, 5.74) is 3.86. The van der Waals surface area contributed by atoms with Crippen molar-refractivity contribution < 1.29 is 19.1 Å². The second kappa shape index (κ2) is 8.34. The number of carbonyl (C=O) groups excluding carboxylic acids is 3. The fraction of sp³-hybridized carbons (Fsp3) is 0.148. The molecule has 1 saturated carbocycles. The number of pyridine rings is 1. The van der Waals surface area contributed by atoms with Crippen LogP contribution in [-0.2, 0) is 4.79 Å². The van der Waals surface area contributed by atoms with Gasteiger partial charge in [-0.25, -0.2) is 0 Å². The Balaban J connectivity index is 1.80. The van der Waals surface area contributed by atoms with E-state index in [2.05, 4.69) is 0 Å². The molecule has 1 aliphatic rings. The largest absolute Gasteiger partial charge is 0.497 e. The number of ether oxygens (including phenoxy) is 1. The van der Waals surface area contributed by atoms with Gasteiger partial charge in [0.05, 0.1) is 23.9 Å². The van der Waals surface area contributed by atoms with Crippen LogP contribution >= 0.6 is 11.6 Å². The lowest BCUT2D eigenvalue weighted by Gasteiger charge is -2.11. The number of Topliss-reactive ketones (excluding diaryl/α,β-unsaturated/α-hetero) is 1. The average Bonchev–Trinajstić information content (AvgIpc) is 3.64. The standard InChI is InChI=1S/C27H20ClNO4/c1-33-18-13-14-29-21(15-18)23(26(31)27(28)32)22(17-11-12-17)24(29)25(30)20-10-6-5-9-19(20)16-7-3-2-4-8-16/h2-10,13-15,17H,11-12H2,1H3. The molecule has 2 aromatic heterocycles. The van der Waals surface area contributed by atoms with E-state index in [0.717, 1.165) is 24.0 Å². The Kier molecular flexibility index (Phi) is 5.35. The maximum absolute atomic E-state index is 14.1. The first-order chi connectivity index (χ1) is 16.0. The number of fused-ring (bicyclic) bond motifs is 1. The Bertz CT molecular complexity index is 1420. The van der Waals surface area contributed by atoms with E-state index in [4.69, 9.17) is 16.3 Å². The average molecular weight is 458 g/mol. The summed E-state index contributed by atoms with van der Waals surface area (Å²) >= 11 is 5.63. The highest BCUT2D eigenvalue weighted by atomic mass is 35.5. The number of ketones is 2. The number of nitrogens with zero attached hydrogens (tertiary/aromatic N) is 1. The van der Waals surface area contributed by atoms with E-state index >= 15 is 0 Å². The van der Waals surface area contributed by atoms with Gasteiger partial charge in [0, 0.05) is 17.8 Å². The molecule has 33 heavy (non-hydrogen) atoms. The molecule has 0 spiro atoms. The van der Waals surface area contributed by atoms with Crippen LogP contribution in [0.5, 0.6) is 5.75 Å². The molecule has 0 radical (unpaired) electrons. The fourth-order valence-electron chi connectivity index (χ4n) is 4.40. The molecule has 0 saturated heterocycles. The molecule has 2 heterocycles. The van der Waals surface area contributed by atoms with Crippen molar-refractivity contribution in [2.45, 2.75) is 18.8 Å². The molecular formula is C27H20ClNO4. The van der Waals surface area contributed by atoms with Crippen molar-refractivity contribution in [1.82, 2.24) is 4.40 Å². The molecule has 0 unspecified atom stereocenters. The minimum atomic E-state index is -1.07. The Morgan fingerprint density at radius 3 is 2.33 bits per heavy atom. The van der Waals surface area contributed by atoms with Crippen LogP contribution in [0.25, 0.3) is 16.6 Å². The van der Waals surface area contributed by atoms with Crippen LogP contribution < -0.4 is 4.74 Å². The van der Waals surface area contributed by atoms with Gasteiger partial charge in [-0.2, -0.15) is 0 Å². The maximum Gasteiger partial charge on any atom is 0.293 e. The van der Waals surface area contributed by atoms with Gasteiger partial charge in [0.25, 0.3) is 5.24 Å². The summed E-state index contributed by atoms with van der Waals surface area (Å²) in [5, 5.41) is -1.07. The van der Waals surface area contributed by atoms with Crippen molar-refractivity contribution in [3.05, 3.63) is 95.3 Å². The minimum absolute atomic E-state index is 0.0219. The molecule has 0 amide bonds. The lowest BCUT2D eigenvalue weighted by atomic mass is 9.92. The quantitative estimate of drug-likeness (QED) is 0.204. The van der Waals surface area contributed by atoms with E-state index in [1.54, 1.807) is 28.8 Å². The normalized spacial score (nSPS) is 13.2. The van der Waals surface area contributed by atoms with Crippen molar-refractivity contribution in [1.29, 1.82) is 0 Å². The molecule has 2 aromatic carbocycles. The van der Waals surface area contributed by atoms with Crippen LogP contribution in [0, 0.1) is 0 Å². The molecular weight excluding hydrogens is 438 g/mol. The highest BCUT2D eigenvalue weighted by molar-refractivity contribution is 6.83. The molecule has 0 aliphatic heterocycles. The zero-order valence-electron chi connectivity index (χ0n) is 17.9. The zero-order valence-corrected chi connectivity index (χ0v) is 18.6. The van der Waals surface area contributed by atoms with Gasteiger partial charge in [0.15, 0.2) is 0 Å². The van der Waals surface area contributed by atoms with E-state index in [9.17, 15) is 14.4 Å². The zero-order chi connectivity index (χ0) is 23.1. The van der Waals surface area contributed by atoms with Gasteiger partial charge in [-0.1, -0.05) is 54.6 Å². The minimum Gasteiger partial charge on any atom is -0.497 e. The molecule has 6 heteroatoms. The van der Waals surface area contributed by atoms with E-state index < -0.39 is 11.0 Å². The highest BCUT2D eigenvalue weighted by Crippen LogP contribution is 2.47. The van der Waals surface area contributed by atoms with Crippen LogP contribution in [0.1, 0.15) is 50.7 Å². The summed E-state index contributed by atoms with van der Waals surface area (Å²) in [6, 6.07) is 20.5. The molecule has 1 fully saturated rings. The number of benzene rings is 2. The molecule has 0 N–H and O–H groups in total. The first-order valence-corrected chi connectivity index (χ1v) is 11.0. The van der Waals surface area contributed by atoms with Gasteiger partial charge in [-0.15, -0.1) is 0 Å². The Labute approximate surface area is 195 Å². The predicted octanol–water partition coefficient (Wildman–Crippen LogP) is 5.67. The lowest BCUT2D eigenvalue weighted by molar-refractivity contribution is -0.108. The van der Waals surface area contributed by atoms with E-state index in [-0.39, 0.29) is 17.3 Å². The first-order valence-electron chi connectivity index (χ1n) is 10.7. The van der Waals surface area contributed by atoms with Gasteiger partial charge < -0.3 is 9.14 Å². The second-order valence-electron chi connectivity index (χ2n) is 8.08. The predicted molar refractivity (Wildman–Crippen MR) is 126 cm³/mol. The van der Waals surface area contributed by atoms with Gasteiger partial charge >= 0.3 is 0 Å². The summed E-state index contributed by atoms with van der Waals surface area (Å²) in [6.45, 7) is 0. The monoisotopic (exact) mass is 457 g/mol. The number of aromatic nitrogens is 1. The summed E-state index contributed by atoms with van der Waals surface area (Å²) in [5.74, 6) is -0.479. The third-order valence-corrected chi connectivity index (χ3v) is 6.22. The van der Waals surface area contributed by atoms with E-state index in [0.29, 0.717) is 28.1 Å². The number of carbonyl (C=O) groups is 3. The summed E-state index contributed by atoms with van der Waals surface area (Å²) < 4.78 is 7.03. The third-order valence-electron chi connectivity index (χ3n) is 6.05. The Hall–Kier alpha value is -3.70. The number of methoxy groups -OCH3 is 1. The van der Waals surface area contributed by atoms with Crippen molar-refractivity contribution in [3.8, 4) is 16.9 Å². The van der Waals surface area contributed by atoms with Crippen LogP contribution in [0.2, 0.25) is 0 Å². The topological polar surface area (TPSA) is 64.8 Å². The highest BCUT2D eigenvalue weighted by Gasteiger charge is 2.38. The molecule has 4 aromatic rings. The third kappa shape index (κ3) is 3.64. The maximum atomic E-state index is 14.1. The smallest absolute Gasteiger partial charge is 0.293 e. The van der Waals surface area contributed by atoms with Crippen molar-refractivity contribution >= 4 is 33.9 Å². The second-order valence-corrected chi connectivity index (χ2v) is 8.42. The number of hydrogen-bond acceptors (Lipinski definition) is 4. The number of rotatable bonds is 7. The van der Waals surface area contributed by atoms with Gasteiger partial charge in [-0.05, 0) is 53.1 Å². The fourth-order valence-corrected chi connectivity index (χ4v) is 4.49. The van der Waals surface area contributed by atoms with Gasteiger partial charge in [0.1, 0.15) is 5.75 Å². The summed E-state index contributed by atoms with van der Waals surface area (Å²) in [7, 11) is 1.52. The lowest BCUT2D eigenvalue weighted by Crippen LogP contribution is -2.12. The summed E-state index contributed by atoms with van der Waals surface area (Å²) in [4.78, 5) is 38.9. The molecule has 164 valence electrons. The van der Waals surface area contributed by atoms with Crippen LogP contribution in [0.4, 0.5) is 0 Å². The molecule has 0 bridgehead atoms. The molecule has 5 rings (SSSR count). The van der Waals surface area contributed by atoms with Gasteiger partial charge in [-0.3, -0.25) is 14.4 Å². The Morgan fingerprint density at radius 1 is 0.970 bits per heavy atom. The van der Waals surface area contributed by atoms with Crippen molar-refractivity contribution in [3.63, 3.8) is 0 Å². The first kappa shape index (κ1) is 21.2. The molecule has 1 aliphatic carbocycles. The van der Waals surface area contributed by atoms with Gasteiger partial charge in [0.2, 0.25) is 11.6 Å². The van der Waals surface area contributed by atoms with Crippen LogP contribution in [0.3, 0.4) is 0 Å². The number of halogens is 1. The van der Waals surface area contributed by atoms with Crippen molar-refractivity contribution in [2.75, 3.05) is 7.11 Å². The van der Waals surface area contributed by atoms with E-state index in [1.165, 1.54) is 7.11 Å². The number of hydrogen-bond donors (Lipinski definition) is 0. The summed E-state index contributed by atoms with van der Waals surface area (Å²) in [6.07, 6.45) is 3.38. The van der Waals surface area contributed by atoms with E-state index in [1.807, 2.05) is 48.5 Å². The van der Waals surface area contributed by atoms with Crippen molar-refractivity contribution in [2.24, 2.45) is 0 Å². The van der Waals surface area contributed by atoms with Crippen LogP contribution in [-0.4, -0.2) is 28.3 Å².